The molecule has 0 spiro atoms. The number of nitrogens with zero attached hydrogens (tertiary/aromatic N) is 1. The molecule has 3 nitrogen and oxygen atoms in total. The first-order valence-electron chi connectivity index (χ1n) is 9.39. The lowest BCUT2D eigenvalue weighted by Gasteiger charge is -2.32. The van der Waals surface area contributed by atoms with Gasteiger partial charge in [-0.15, -0.1) is 0 Å². The Hall–Kier alpha value is -1.84. The van der Waals surface area contributed by atoms with Crippen LogP contribution in [-0.4, -0.2) is 23.9 Å². The number of amides is 1. The SMILES string of the molecule is CC(C)c1ccccc1NC(=O)C1CCCN(Cc2cccc(Cl)c2)C1. The van der Waals surface area contributed by atoms with Crippen LogP contribution in [0.15, 0.2) is 48.5 Å². The summed E-state index contributed by atoms with van der Waals surface area (Å²) < 4.78 is 0. The van der Waals surface area contributed by atoms with E-state index in [2.05, 4.69) is 36.2 Å². The second kappa shape index (κ2) is 8.70. The molecule has 1 fully saturated rings. The van der Waals surface area contributed by atoms with E-state index in [0.29, 0.717) is 5.92 Å². The van der Waals surface area contributed by atoms with E-state index < -0.39 is 0 Å². The molecule has 138 valence electrons. The Balaban J connectivity index is 1.63. The van der Waals surface area contributed by atoms with Gasteiger partial charge in [0.15, 0.2) is 0 Å². The number of carbonyl (C=O) groups excluding carboxylic acids is 1. The highest BCUT2D eigenvalue weighted by Crippen LogP contribution is 2.26. The predicted octanol–water partition coefficient (Wildman–Crippen LogP) is 5.31. The molecule has 0 aromatic heterocycles. The third-order valence-electron chi connectivity index (χ3n) is 5.01. The zero-order chi connectivity index (χ0) is 18.5. The van der Waals surface area contributed by atoms with E-state index in [1.54, 1.807) is 0 Å². The lowest BCUT2D eigenvalue weighted by molar-refractivity contribution is -0.121. The summed E-state index contributed by atoms with van der Waals surface area (Å²) in [6.07, 6.45) is 1.99. The number of benzene rings is 2. The number of hydrogen-bond acceptors (Lipinski definition) is 2. The van der Waals surface area contributed by atoms with Crippen molar-refractivity contribution in [1.29, 1.82) is 0 Å². The van der Waals surface area contributed by atoms with Crippen LogP contribution >= 0.6 is 11.6 Å². The number of halogens is 1. The summed E-state index contributed by atoms with van der Waals surface area (Å²) in [5, 5.41) is 3.93. The van der Waals surface area contributed by atoms with Gasteiger partial charge in [-0.25, -0.2) is 0 Å². The van der Waals surface area contributed by atoms with Crippen LogP contribution in [0.25, 0.3) is 0 Å². The average Bonchev–Trinajstić information content (AvgIpc) is 2.62. The van der Waals surface area contributed by atoms with Gasteiger partial charge >= 0.3 is 0 Å². The van der Waals surface area contributed by atoms with Crippen molar-refractivity contribution in [2.45, 2.75) is 39.2 Å². The van der Waals surface area contributed by atoms with Crippen molar-refractivity contribution in [3.8, 4) is 0 Å². The van der Waals surface area contributed by atoms with Crippen molar-refractivity contribution in [3.05, 3.63) is 64.7 Å². The summed E-state index contributed by atoms with van der Waals surface area (Å²) >= 11 is 6.09. The van der Waals surface area contributed by atoms with E-state index in [0.717, 1.165) is 43.2 Å². The molecule has 1 atom stereocenters. The number of hydrogen-bond donors (Lipinski definition) is 1. The topological polar surface area (TPSA) is 32.3 Å². The molecule has 2 aromatic carbocycles. The Kier molecular flexibility index (Phi) is 6.33. The number of piperidine rings is 1. The number of likely N-dealkylation sites (tertiary alicyclic amines) is 1. The molecule has 3 rings (SSSR count). The molecule has 1 amide bonds. The number of rotatable bonds is 5. The molecule has 26 heavy (non-hydrogen) atoms. The van der Waals surface area contributed by atoms with Crippen molar-refractivity contribution in [1.82, 2.24) is 4.90 Å². The van der Waals surface area contributed by atoms with Gasteiger partial charge < -0.3 is 5.32 Å². The highest BCUT2D eigenvalue weighted by molar-refractivity contribution is 6.30. The van der Waals surface area contributed by atoms with E-state index in [4.69, 9.17) is 11.6 Å². The Morgan fingerprint density at radius 3 is 2.81 bits per heavy atom. The lowest BCUT2D eigenvalue weighted by atomic mass is 9.95. The summed E-state index contributed by atoms with van der Waals surface area (Å²) in [6, 6.07) is 16.1. The molecule has 0 saturated carbocycles. The monoisotopic (exact) mass is 370 g/mol. The first-order valence-corrected chi connectivity index (χ1v) is 9.77. The van der Waals surface area contributed by atoms with Crippen LogP contribution in [-0.2, 0) is 11.3 Å². The number of anilines is 1. The second-order valence-corrected chi connectivity index (χ2v) is 7.87. The maximum Gasteiger partial charge on any atom is 0.228 e. The summed E-state index contributed by atoms with van der Waals surface area (Å²) in [5.74, 6) is 0.550. The van der Waals surface area contributed by atoms with E-state index in [-0.39, 0.29) is 11.8 Å². The lowest BCUT2D eigenvalue weighted by Crippen LogP contribution is -2.40. The molecule has 1 unspecified atom stereocenters. The maximum atomic E-state index is 12.8. The van der Waals surface area contributed by atoms with Crippen molar-refractivity contribution in [2.24, 2.45) is 5.92 Å². The van der Waals surface area contributed by atoms with Gasteiger partial charge in [-0.2, -0.15) is 0 Å². The molecule has 0 bridgehead atoms. The van der Waals surface area contributed by atoms with Gasteiger partial charge in [0.2, 0.25) is 5.91 Å². The molecule has 1 N–H and O–H groups in total. The normalized spacial score (nSPS) is 18.1. The van der Waals surface area contributed by atoms with Crippen LogP contribution in [0, 0.1) is 5.92 Å². The highest BCUT2D eigenvalue weighted by Gasteiger charge is 2.26. The molecule has 2 aromatic rings. The van der Waals surface area contributed by atoms with Crippen molar-refractivity contribution < 1.29 is 4.79 Å². The van der Waals surface area contributed by atoms with E-state index in [1.807, 2.05) is 36.4 Å². The minimum Gasteiger partial charge on any atom is -0.326 e. The first-order chi connectivity index (χ1) is 12.5. The quantitative estimate of drug-likeness (QED) is 0.773. The van der Waals surface area contributed by atoms with Crippen molar-refractivity contribution in [3.63, 3.8) is 0 Å². The Labute approximate surface area is 161 Å². The highest BCUT2D eigenvalue weighted by atomic mass is 35.5. The van der Waals surface area contributed by atoms with Crippen molar-refractivity contribution in [2.75, 3.05) is 18.4 Å². The molecule has 1 aliphatic rings. The van der Waals surface area contributed by atoms with Crippen LogP contribution in [0.3, 0.4) is 0 Å². The smallest absolute Gasteiger partial charge is 0.228 e. The number of para-hydroxylation sites is 1. The maximum absolute atomic E-state index is 12.8. The number of nitrogens with one attached hydrogen (secondary N) is 1. The molecule has 1 heterocycles. The van der Waals surface area contributed by atoms with Crippen LogP contribution in [0.2, 0.25) is 5.02 Å². The summed E-state index contributed by atoms with van der Waals surface area (Å²) in [4.78, 5) is 15.2. The van der Waals surface area contributed by atoms with Crippen molar-refractivity contribution >= 4 is 23.2 Å². The van der Waals surface area contributed by atoms with Crippen LogP contribution in [0.1, 0.15) is 43.7 Å². The van der Waals surface area contributed by atoms with Gasteiger partial charge in [-0.1, -0.05) is 55.8 Å². The van der Waals surface area contributed by atoms with Crippen LogP contribution < -0.4 is 5.32 Å². The summed E-state index contributed by atoms with van der Waals surface area (Å²) in [7, 11) is 0. The molecule has 1 saturated heterocycles. The Morgan fingerprint density at radius 2 is 2.04 bits per heavy atom. The minimum atomic E-state index is 0.0307. The fourth-order valence-electron chi connectivity index (χ4n) is 3.66. The fourth-order valence-corrected chi connectivity index (χ4v) is 3.87. The molecule has 1 aliphatic heterocycles. The molecular formula is C22H27ClN2O. The Bertz CT molecular complexity index is 759. The first kappa shape index (κ1) is 18.9. The minimum absolute atomic E-state index is 0.0307. The van der Waals surface area contributed by atoms with Crippen LogP contribution in [0.4, 0.5) is 5.69 Å². The zero-order valence-corrected chi connectivity index (χ0v) is 16.3. The molecule has 0 aliphatic carbocycles. The van der Waals surface area contributed by atoms with Gasteiger partial charge in [0, 0.05) is 23.8 Å². The number of carbonyl (C=O) groups is 1. The molecule has 4 heteroatoms. The van der Waals surface area contributed by atoms with Crippen LogP contribution in [0.5, 0.6) is 0 Å². The zero-order valence-electron chi connectivity index (χ0n) is 15.5. The van der Waals surface area contributed by atoms with E-state index >= 15 is 0 Å². The largest absolute Gasteiger partial charge is 0.326 e. The van der Waals surface area contributed by atoms with Gasteiger partial charge in [0.1, 0.15) is 0 Å². The average molecular weight is 371 g/mol. The van der Waals surface area contributed by atoms with Gasteiger partial charge in [0.25, 0.3) is 0 Å². The van der Waals surface area contributed by atoms with Gasteiger partial charge in [-0.3, -0.25) is 9.69 Å². The summed E-state index contributed by atoms with van der Waals surface area (Å²) in [5.41, 5.74) is 3.33. The molecule has 0 radical (unpaired) electrons. The second-order valence-electron chi connectivity index (χ2n) is 7.44. The van der Waals surface area contributed by atoms with Gasteiger partial charge in [0.05, 0.1) is 5.92 Å². The predicted molar refractivity (Wildman–Crippen MR) is 109 cm³/mol. The Morgan fingerprint density at radius 1 is 1.23 bits per heavy atom. The standard InChI is InChI=1S/C22H27ClN2O/c1-16(2)20-10-3-4-11-21(20)24-22(26)18-8-6-12-25(15-18)14-17-7-5-9-19(23)13-17/h3-5,7,9-11,13,16,18H,6,8,12,14-15H2,1-2H3,(H,24,26). The fraction of sp³-hybridized carbons (Fsp3) is 0.409. The third kappa shape index (κ3) is 4.87. The van der Waals surface area contributed by atoms with E-state index in [1.165, 1.54) is 11.1 Å². The third-order valence-corrected chi connectivity index (χ3v) is 5.25. The molecular weight excluding hydrogens is 344 g/mol. The van der Waals surface area contributed by atoms with E-state index in [9.17, 15) is 4.79 Å². The summed E-state index contributed by atoms with van der Waals surface area (Å²) in [6.45, 7) is 6.96. The van der Waals surface area contributed by atoms with Gasteiger partial charge in [-0.05, 0) is 54.6 Å².